The third-order valence-electron chi connectivity index (χ3n) is 4.51. The maximum absolute atomic E-state index is 13.1. The Morgan fingerprint density at radius 2 is 1.62 bits per heavy atom. The second-order valence-corrected chi connectivity index (χ2v) is 8.21. The average Bonchev–Trinajstić information content (AvgIpc) is 2.98. The number of hydrogen-bond acceptors (Lipinski definition) is 6. The van der Waals surface area contributed by atoms with E-state index in [1.807, 2.05) is 13.8 Å². The molecule has 0 bridgehead atoms. The summed E-state index contributed by atoms with van der Waals surface area (Å²) in [5.41, 5.74) is 0.902. The lowest BCUT2D eigenvalue weighted by Crippen LogP contribution is -2.31. The molecular weight excluding hydrogens is 394 g/mol. The molecular formula is C20H29N3O5S. The molecule has 1 aromatic carbocycles. The summed E-state index contributed by atoms with van der Waals surface area (Å²) in [6.45, 7) is 12.0. The van der Waals surface area contributed by atoms with Crippen molar-refractivity contribution in [3.8, 4) is 11.5 Å². The van der Waals surface area contributed by atoms with Gasteiger partial charge in [-0.05, 0) is 45.9 Å². The van der Waals surface area contributed by atoms with Gasteiger partial charge >= 0.3 is 0 Å². The summed E-state index contributed by atoms with van der Waals surface area (Å²) in [6, 6.07) is 4.87. The Kier molecular flexibility index (Phi) is 7.43. The van der Waals surface area contributed by atoms with E-state index in [1.165, 1.54) is 4.31 Å². The van der Waals surface area contributed by atoms with Crippen molar-refractivity contribution >= 4 is 15.9 Å². The van der Waals surface area contributed by atoms with Crippen LogP contribution < -0.4 is 9.47 Å². The molecule has 0 atom stereocenters. The van der Waals surface area contributed by atoms with Crippen molar-refractivity contribution in [3.05, 3.63) is 35.2 Å². The van der Waals surface area contributed by atoms with E-state index >= 15 is 0 Å². The van der Waals surface area contributed by atoms with Crippen LogP contribution >= 0.6 is 0 Å². The van der Waals surface area contributed by atoms with E-state index in [4.69, 9.17) is 9.47 Å². The number of ether oxygens (including phenoxy) is 2. The van der Waals surface area contributed by atoms with Crippen molar-refractivity contribution in [3.63, 3.8) is 0 Å². The highest BCUT2D eigenvalue weighted by molar-refractivity contribution is 7.89. The van der Waals surface area contributed by atoms with Crippen LogP contribution in [0.15, 0.2) is 23.1 Å². The average molecular weight is 424 g/mol. The van der Waals surface area contributed by atoms with Crippen LogP contribution in [0.25, 0.3) is 0 Å². The maximum Gasteiger partial charge on any atom is 0.278 e. The lowest BCUT2D eigenvalue weighted by atomic mass is 10.2. The van der Waals surface area contributed by atoms with E-state index in [1.54, 1.807) is 45.9 Å². The third-order valence-corrected chi connectivity index (χ3v) is 6.81. The molecule has 0 aliphatic carbocycles. The number of sulfonamides is 1. The minimum Gasteiger partial charge on any atom is -0.490 e. The van der Waals surface area contributed by atoms with Gasteiger partial charge in [0, 0.05) is 18.7 Å². The molecule has 1 aromatic heterocycles. The van der Waals surface area contributed by atoms with Gasteiger partial charge in [-0.3, -0.25) is 4.79 Å². The SMILES string of the molecule is CCOc1ccc(C(=O)n2nc(C)c(S(=O)(=O)N(CC)CC)c2C)cc1OCC. The van der Waals surface area contributed by atoms with Crippen LogP contribution in [0.3, 0.4) is 0 Å². The van der Waals surface area contributed by atoms with E-state index in [2.05, 4.69) is 5.10 Å². The van der Waals surface area contributed by atoms with Gasteiger partial charge in [0.1, 0.15) is 4.90 Å². The summed E-state index contributed by atoms with van der Waals surface area (Å²) < 4.78 is 39.6. The molecule has 0 unspecified atom stereocenters. The Morgan fingerprint density at radius 1 is 1.03 bits per heavy atom. The molecule has 29 heavy (non-hydrogen) atoms. The van der Waals surface area contributed by atoms with Gasteiger partial charge in [0.25, 0.3) is 5.91 Å². The van der Waals surface area contributed by atoms with Crippen LogP contribution in [0.4, 0.5) is 0 Å². The number of hydrogen-bond donors (Lipinski definition) is 0. The van der Waals surface area contributed by atoms with Crippen LogP contribution in [0.1, 0.15) is 49.4 Å². The van der Waals surface area contributed by atoms with Crippen LogP contribution in [0.5, 0.6) is 11.5 Å². The fraction of sp³-hybridized carbons (Fsp3) is 0.500. The lowest BCUT2D eigenvalue weighted by molar-refractivity contribution is 0.0941. The summed E-state index contributed by atoms with van der Waals surface area (Å²) in [4.78, 5) is 13.2. The Morgan fingerprint density at radius 3 is 2.17 bits per heavy atom. The number of aryl methyl sites for hydroxylation is 1. The first-order chi connectivity index (χ1) is 13.7. The molecule has 2 aromatic rings. The van der Waals surface area contributed by atoms with Crippen molar-refractivity contribution in [1.82, 2.24) is 14.1 Å². The zero-order chi connectivity index (χ0) is 21.8. The van der Waals surface area contributed by atoms with Crippen LogP contribution in [-0.2, 0) is 10.0 Å². The van der Waals surface area contributed by atoms with E-state index in [9.17, 15) is 13.2 Å². The Bertz CT molecular complexity index is 978. The van der Waals surface area contributed by atoms with Crippen LogP contribution in [0, 0.1) is 13.8 Å². The van der Waals surface area contributed by atoms with Gasteiger partial charge in [-0.2, -0.15) is 14.1 Å². The van der Waals surface area contributed by atoms with Gasteiger partial charge in [-0.1, -0.05) is 13.8 Å². The van der Waals surface area contributed by atoms with Gasteiger partial charge in [0.05, 0.1) is 24.6 Å². The first kappa shape index (κ1) is 22.9. The van der Waals surface area contributed by atoms with E-state index < -0.39 is 15.9 Å². The zero-order valence-electron chi connectivity index (χ0n) is 17.9. The van der Waals surface area contributed by atoms with Gasteiger partial charge in [-0.25, -0.2) is 8.42 Å². The Balaban J connectivity index is 2.52. The third kappa shape index (κ3) is 4.45. The molecule has 0 saturated heterocycles. The molecule has 1 heterocycles. The highest BCUT2D eigenvalue weighted by atomic mass is 32.2. The minimum atomic E-state index is -3.74. The molecule has 9 heteroatoms. The molecule has 0 radical (unpaired) electrons. The second-order valence-electron chi connectivity index (χ2n) is 6.33. The molecule has 0 aliphatic rings. The van der Waals surface area contributed by atoms with E-state index in [0.29, 0.717) is 49.1 Å². The quantitative estimate of drug-likeness (QED) is 0.616. The predicted molar refractivity (Wildman–Crippen MR) is 110 cm³/mol. The van der Waals surface area contributed by atoms with Gasteiger partial charge < -0.3 is 9.47 Å². The monoisotopic (exact) mass is 423 g/mol. The second kappa shape index (κ2) is 9.41. The van der Waals surface area contributed by atoms with Crippen LogP contribution in [-0.4, -0.2) is 54.7 Å². The van der Waals surface area contributed by atoms with Gasteiger partial charge in [0.2, 0.25) is 10.0 Å². The lowest BCUT2D eigenvalue weighted by Gasteiger charge is -2.18. The number of nitrogens with zero attached hydrogens (tertiary/aromatic N) is 3. The first-order valence-corrected chi connectivity index (χ1v) is 11.2. The van der Waals surface area contributed by atoms with Crippen molar-refractivity contribution in [2.45, 2.75) is 46.4 Å². The molecule has 160 valence electrons. The summed E-state index contributed by atoms with van der Waals surface area (Å²) in [5, 5.41) is 4.23. The molecule has 0 spiro atoms. The number of carbonyl (C=O) groups is 1. The molecule has 2 rings (SSSR count). The topological polar surface area (TPSA) is 90.7 Å². The van der Waals surface area contributed by atoms with Crippen molar-refractivity contribution < 1.29 is 22.7 Å². The van der Waals surface area contributed by atoms with E-state index in [0.717, 1.165) is 4.68 Å². The minimum absolute atomic E-state index is 0.0746. The molecule has 0 N–H and O–H groups in total. The highest BCUT2D eigenvalue weighted by Crippen LogP contribution is 2.30. The van der Waals surface area contributed by atoms with Crippen LogP contribution in [0.2, 0.25) is 0 Å². The summed E-state index contributed by atoms with van der Waals surface area (Å²) in [7, 11) is -3.74. The van der Waals surface area contributed by atoms with E-state index in [-0.39, 0.29) is 10.6 Å². The molecule has 0 amide bonds. The number of benzene rings is 1. The smallest absolute Gasteiger partial charge is 0.278 e. The molecule has 0 fully saturated rings. The van der Waals surface area contributed by atoms with Crippen molar-refractivity contribution in [2.75, 3.05) is 26.3 Å². The largest absolute Gasteiger partial charge is 0.490 e. The maximum atomic E-state index is 13.1. The van der Waals surface area contributed by atoms with Gasteiger partial charge in [-0.15, -0.1) is 0 Å². The predicted octanol–water partition coefficient (Wildman–Crippen LogP) is 3.02. The summed E-state index contributed by atoms with van der Waals surface area (Å²) in [6.07, 6.45) is 0. The fourth-order valence-corrected chi connectivity index (χ4v) is 5.01. The Labute approximate surface area is 172 Å². The summed E-state index contributed by atoms with van der Waals surface area (Å²) in [5.74, 6) is 0.567. The summed E-state index contributed by atoms with van der Waals surface area (Å²) >= 11 is 0. The molecule has 0 aliphatic heterocycles. The number of carbonyl (C=O) groups excluding carboxylic acids is 1. The fourth-order valence-electron chi connectivity index (χ4n) is 3.20. The first-order valence-electron chi connectivity index (χ1n) is 9.73. The van der Waals surface area contributed by atoms with Crippen molar-refractivity contribution in [1.29, 1.82) is 0 Å². The standard InChI is InChI=1S/C20H29N3O5S/c1-7-22(8-2)29(25,26)19-14(5)21-23(15(19)6)20(24)16-11-12-17(27-9-3)18(13-16)28-10-4/h11-13H,7-10H2,1-6H3. The molecule has 0 saturated carbocycles. The number of rotatable bonds is 9. The van der Waals surface area contributed by atoms with Gasteiger partial charge in [0.15, 0.2) is 11.5 Å². The Hall–Kier alpha value is -2.39. The zero-order valence-corrected chi connectivity index (χ0v) is 18.7. The normalized spacial score (nSPS) is 11.7. The van der Waals surface area contributed by atoms with Crippen molar-refractivity contribution in [2.24, 2.45) is 0 Å². The number of aromatic nitrogens is 2. The highest BCUT2D eigenvalue weighted by Gasteiger charge is 2.31. The molecule has 8 nitrogen and oxygen atoms in total.